The molecule has 3 nitrogen and oxygen atoms in total. The van der Waals surface area contributed by atoms with Crippen LogP contribution in [-0.2, 0) is 11.4 Å². The van der Waals surface area contributed by atoms with Crippen molar-refractivity contribution in [3.8, 4) is 0 Å². The molecule has 0 spiro atoms. The summed E-state index contributed by atoms with van der Waals surface area (Å²) in [5, 5.41) is 17.6. The van der Waals surface area contributed by atoms with Crippen LogP contribution < -0.4 is 0 Å². The fourth-order valence-electron chi connectivity index (χ4n) is 1.07. The predicted molar refractivity (Wildman–Crippen MR) is 49.0 cm³/mol. The van der Waals surface area contributed by atoms with Crippen molar-refractivity contribution in [3.05, 3.63) is 42.0 Å². The van der Waals surface area contributed by atoms with Gasteiger partial charge in [-0.05, 0) is 11.1 Å². The van der Waals surface area contributed by atoms with Gasteiger partial charge >= 0.3 is 5.97 Å². The van der Waals surface area contributed by atoms with Crippen LogP contribution in [0, 0.1) is 0 Å². The molecule has 0 heterocycles. The minimum absolute atomic E-state index is 0.00431. The Bertz CT molecular complexity index is 342. The summed E-state index contributed by atoms with van der Waals surface area (Å²) in [7, 11) is 0. The molecule has 0 fully saturated rings. The largest absolute Gasteiger partial charge is 0.478 e. The number of carbonyl (C=O) groups is 1. The number of rotatable bonds is 3. The molecule has 0 radical (unpaired) electrons. The minimum Gasteiger partial charge on any atom is -0.478 e. The molecule has 1 aromatic carbocycles. The summed E-state index contributed by atoms with van der Waals surface area (Å²) in [4.78, 5) is 10.6. The predicted octanol–water partition coefficient (Wildman–Crippen LogP) is 1.28. The van der Waals surface area contributed by atoms with Crippen molar-refractivity contribution in [2.75, 3.05) is 0 Å². The summed E-state index contributed by atoms with van der Waals surface area (Å²) in [6.45, 7) is 3.24. The first-order valence-corrected chi connectivity index (χ1v) is 3.78. The zero-order chi connectivity index (χ0) is 9.84. The molecule has 0 aliphatic carbocycles. The third-order valence-corrected chi connectivity index (χ3v) is 1.77. The fraction of sp³-hybridized carbons (Fsp3) is 0.100. The van der Waals surface area contributed by atoms with E-state index in [2.05, 4.69) is 6.58 Å². The molecule has 3 heteroatoms. The van der Waals surface area contributed by atoms with Gasteiger partial charge in [-0.2, -0.15) is 0 Å². The Morgan fingerprint density at radius 1 is 1.38 bits per heavy atom. The van der Waals surface area contributed by atoms with Crippen molar-refractivity contribution >= 4 is 11.5 Å². The second-order valence-corrected chi connectivity index (χ2v) is 2.60. The fourth-order valence-corrected chi connectivity index (χ4v) is 1.07. The van der Waals surface area contributed by atoms with Crippen LogP contribution in [0.25, 0.3) is 5.57 Å². The number of aliphatic hydroxyl groups excluding tert-OH is 1. The van der Waals surface area contributed by atoms with E-state index in [1.54, 1.807) is 24.3 Å². The second kappa shape index (κ2) is 3.87. The molecule has 0 atom stereocenters. The highest BCUT2D eigenvalue weighted by Gasteiger charge is 2.10. The molecule has 68 valence electrons. The average molecular weight is 178 g/mol. The van der Waals surface area contributed by atoms with Crippen LogP contribution in [0.5, 0.6) is 0 Å². The van der Waals surface area contributed by atoms with E-state index in [9.17, 15) is 4.79 Å². The highest BCUT2D eigenvalue weighted by molar-refractivity contribution is 6.14. The van der Waals surface area contributed by atoms with Crippen LogP contribution in [0.4, 0.5) is 0 Å². The number of carboxylic acid groups (broad SMARTS) is 1. The van der Waals surface area contributed by atoms with Gasteiger partial charge in [-0.25, -0.2) is 4.79 Å². The van der Waals surface area contributed by atoms with E-state index < -0.39 is 5.97 Å². The van der Waals surface area contributed by atoms with Gasteiger partial charge in [-0.3, -0.25) is 0 Å². The Hall–Kier alpha value is -1.61. The van der Waals surface area contributed by atoms with Gasteiger partial charge in [-0.15, -0.1) is 0 Å². The Labute approximate surface area is 76.0 Å². The SMILES string of the molecule is C=C(C(=O)O)c1ccccc1CO. The van der Waals surface area contributed by atoms with Gasteiger partial charge < -0.3 is 10.2 Å². The van der Waals surface area contributed by atoms with Crippen LogP contribution in [0.2, 0.25) is 0 Å². The van der Waals surface area contributed by atoms with Crippen LogP contribution in [0.3, 0.4) is 0 Å². The Morgan fingerprint density at radius 2 is 2.00 bits per heavy atom. The molecular weight excluding hydrogens is 168 g/mol. The van der Waals surface area contributed by atoms with Crippen molar-refractivity contribution in [2.45, 2.75) is 6.61 Å². The van der Waals surface area contributed by atoms with Crippen LogP contribution >= 0.6 is 0 Å². The van der Waals surface area contributed by atoms with Crippen LogP contribution in [0.15, 0.2) is 30.8 Å². The molecule has 0 aliphatic heterocycles. The maximum Gasteiger partial charge on any atom is 0.335 e. The van der Waals surface area contributed by atoms with Gasteiger partial charge in [0.2, 0.25) is 0 Å². The summed E-state index contributed by atoms with van der Waals surface area (Å²) >= 11 is 0. The first-order valence-electron chi connectivity index (χ1n) is 3.78. The molecule has 0 amide bonds. The Morgan fingerprint density at radius 3 is 2.54 bits per heavy atom. The van der Waals surface area contributed by atoms with E-state index in [1.807, 2.05) is 0 Å². The number of hydrogen-bond acceptors (Lipinski definition) is 2. The smallest absolute Gasteiger partial charge is 0.335 e. The van der Waals surface area contributed by atoms with E-state index in [-0.39, 0.29) is 12.2 Å². The van der Waals surface area contributed by atoms with E-state index in [0.717, 1.165) is 0 Å². The van der Waals surface area contributed by atoms with Gasteiger partial charge in [0.15, 0.2) is 0 Å². The summed E-state index contributed by atoms with van der Waals surface area (Å²) in [5.41, 5.74) is 1.07. The highest BCUT2D eigenvalue weighted by Crippen LogP contribution is 2.17. The van der Waals surface area contributed by atoms with Crippen molar-refractivity contribution in [3.63, 3.8) is 0 Å². The molecule has 13 heavy (non-hydrogen) atoms. The van der Waals surface area contributed by atoms with E-state index in [1.165, 1.54) is 0 Å². The molecular formula is C10H10O3. The van der Waals surface area contributed by atoms with Crippen LogP contribution in [-0.4, -0.2) is 16.2 Å². The lowest BCUT2D eigenvalue weighted by Crippen LogP contribution is -2.01. The quantitative estimate of drug-likeness (QED) is 0.685. The zero-order valence-corrected chi connectivity index (χ0v) is 7.03. The van der Waals surface area contributed by atoms with E-state index in [4.69, 9.17) is 10.2 Å². The number of aliphatic hydroxyl groups is 1. The van der Waals surface area contributed by atoms with Crippen molar-refractivity contribution in [2.24, 2.45) is 0 Å². The maximum atomic E-state index is 10.6. The van der Waals surface area contributed by atoms with Gasteiger partial charge in [0.25, 0.3) is 0 Å². The molecule has 0 aromatic heterocycles. The molecule has 2 N–H and O–H groups in total. The number of aliphatic carboxylic acids is 1. The lowest BCUT2D eigenvalue weighted by molar-refractivity contribution is -0.130. The van der Waals surface area contributed by atoms with Crippen molar-refractivity contribution in [1.29, 1.82) is 0 Å². The molecule has 0 aliphatic rings. The maximum absolute atomic E-state index is 10.6. The number of hydrogen-bond donors (Lipinski definition) is 2. The third kappa shape index (κ3) is 1.95. The van der Waals surface area contributed by atoms with Gasteiger partial charge in [-0.1, -0.05) is 30.8 Å². The Balaban J connectivity index is 3.13. The molecule has 0 saturated carbocycles. The topological polar surface area (TPSA) is 57.5 Å². The summed E-state index contributed by atoms with van der Waals surface area (Å²) in [6.07, 6.45) is 0. The van der Waals surface area contributed by atoms with Gasteiger partial charge in [0, 0.05) is 0 Å². The van der Waals surface area contributed by atoms with E-state index >= 15 is 0 Å². The summed E-state index contributed by atoms with van der Waals surface area (Å²) < 4.78 is 0. The first-order chi connectivity index (χ1) is 6.16. The third-order valence-electron chi connectivity index (χ3n) is 1.77. The molecule has 0 saturated heterocycles. The highest BCUT2D eigenvalue weighted by atomic mass is 16.4. The molecule has 0 unspecified atom stereocenters. The Kier molecular flexibility index (Phi) is 2.82. The number of benzene rings is 1. The molecule has 1 rings (SSSR count). The average Bonchev–Trinajstić information content (AvgIpc) is 2.16. The minimum atomic E-state index is -1.07. The first kappa shape index (κ1) is 9.48. The number of carboxylic acids is 1. The lowest BCUT2D eigenvalue weighted by Gasteiger charge is -2.05. The van der Waals surface area contributed by atoms with Crippen molar-refractivity contribution in [1.82, 2.24) is 0 Å². The zero-order valence-electron chi connectivity index (χ0n) is 7.03. The molecule has 0 bridgehead atoms. The van der Waals surface area contributed by atoms with Gasteiger partial charge in [0.1, 0.15) is 0 Å². The normalized spacial score (nSPS) is 9.62. The summed E-state index contributed by atoms with van der Waals surface area (Å²) in [5.74, 6) is -1.07. The second-order valence-electron chi connectivity index (χ2n) is 2.60. The van der Waals surface area contributed by atoms with Gasteiger partial charge in [0.05, 0.1) is 12.2 Å². The monoisotopic (exact) mass is 178 g/mol. The lowest BCUT2D eigenvalue weighted by atomic mass is 10.0. The summed E-state index contributed by atoms with van der Waals surface area (Å²) in [6, 6.07) is 6.75. The van der Waals surface area contributed by atoms with E-state index in [0.29, 0.717) is 11.1 Å². The van der Waals surface area contributed by atoms with Crippen molar-refractivity contribution < 1.29 is 15.0 Å². The van der Waals surface area contributed by atoms with Crippen LogP contribution in [0.1, 0.15) is 11.1 Å². The standard InChI is InChI=1S/C10H10O3/c1-7(10(12)13)9-5-3-2-4-8(9)6-11/h2-5,11H,1,6H2,(H,12,13). The molecule has 1 aromatic rings.